The van der Waals surface area contributed by atoms with E-state index in [-0.39, 0.29) is 11.8 Å². The zero-order chi connectivity index (χ0) is 21.7. The minimum atomic E-state index is -3.46. The molecule has 3 heterocycles. The molecule has 7 nitrogen and oxygen atoms in total. The van der Waals surface area contributed by atoms with Crippen LogP contribution in [0.1, 0.15) is 18.4 Å². The first-order chi connectivity index (χ1) is 15.0. The lowest BCUT2D eigenvalue weighted by atomic mass is 9.97. The van der Waals surface area contributed by atoms with Gasteiger partial charge in [0.2, 0.25) is 5.91 Å². The van der Waals surface area contributed by atoms with Gasteiger partial charge in [0.15, 0.2) is 0 Å². The van der Waals surface area contributed by atoms with Crippen LogP contribution in [-0.2, 0) is 21.4 Å². The molecule has 0 radical (unpaired) electrons. The summed E-state index contributed by atoms with van der Waals surface area (Å²) in [6.45, 7) is 1.07. The van der Waals surface area contributed by atoms with Crippen LogP contribution in [0.5, 0.6) is 5.75 Å². The summed E-state index contributed by atoms with van der Waals surface area (Å²) in [7, 11) is -3.46. The second kappa shape index (κ2) is 9.59. The highest BCUT2D eigenvalue weighted by Gasteiger charge is 2.32. The Kier molecular flexibility index (Phi) is 6.64. The Bertz CT molecular complexity index is 1110. The average Bonchev–Trinajstić information content (AvgIpc) is 3.35. The van der Waals surface area contributed by atoms with Crippen molar-refractivity contribution in [3.05, 3.63) is 71.9 Å². The van der Waals surface area contributed by atoms with E-state index in [4.69, 9.17) is 4.74 Å². The fourth-order valence-corrected chi connectivity index (χ4v) is 6.07. The van der Waals surface area contributed by atoms with Gasteiger partial charge < -0.3 is 10.1 Å². The predicted octanol–water partition coefficient (Wildman–Crippen LogP) is 3.76. The van der Waals surface area contributed by atoms with E-state index in [9.17, 15) is 13.2 Å². The SMILES string of the molecule is O=C(Nc1cccc(OCc2cccnc2)c1)C1CCN(S(=O)(=O)c2cccs2)CC1. The molecular formula is C22H23N3O4S2. The zero-order valence-electron chi connectivity index (χ0n) is 16.8. The number of carbonyl (C=O) groups is 1. The average molecular weight is 458 g/mol. The highest BCUT2D eigenvalue weighted by Crippen LogP contribution is 2.27. The van der Waals surface area contributed by atoms with Crippen molar-refractivity contribution in [3.8, 4) is 5.75 Å². The largest absolute Gasteiger partial charge is 0.489 e. The number of hydrogen-bond donors (Lipinski definition) is 1. The van der Waals surface area contributed by atoms with Crippen molar-refractivity contribution in [2.45, 2.75) is 23.7 Å². The molecule has 1 fully saturated rings. The lowest BCUT2D eigenvalue weighted by Crippen LogP contribution is -2.41. The molecule has 0 spiro atoms. The number of thiophene rings is 1. The Morgan fingerprint density at radius 3 is 2.71 bits per heavy atom. The molecule has 1 N–H and O–H groups in total. The molecule has 31 heavy (non-hydrogen) atoms. The number of pyridine rings is 1. The summed E-state index contributed by atoms with van der Waals surface area (Å²) in [5.74, 6) is 0.325. The summed E-state index contributed by atoms with van der Waals surface area (Å²) in [6, 6.07) is 14.4. The van der Waals surface area contributed by atoms with Crippen molar-refractivity contribution in [1.82, 2.24) is 9.29 Å². The second-order valence-corrected chi connectivity index (χ2v) is 10.4. The lowest BCUT2D eigenvalue weighted by molar-refractivity contribution is -0.120. The number of amides is 1. The fraction of sp³-hybridized carbons (Fsp3) is 0.273. The Morgan fingerprint density at radius 1 is 1.16 bits per heavy atom. The molecule has 0 unspecified atom stereocenters. The summed E-state index contributed by atoms with van der Waals surface area (Å²) in [5.41, 5.74) is 1.61. The fourth-order valence-electron chi connectivity index (χ4n) is 3.45. The molecule has 1 saturated heterocycles. The summed E-state index contributed by atoms with van der Waals surface area (Å²) < 4.78 is 32.9. The van der Waals surface area contributed by atoms with E-state index in [0.29, 0.717) is 48.2 Å². The van der Waals surface area contributed by atoms with Crippen LogP contribution in [0, 0.1) is 5.92 Å². The first kappa shape index (κ1) is 21.5. The van der Waals surface area contributed by atoms with Gasteiger partial charge in [-0.15, -0.1) is 11.3 Å². The topological polar surface area (TPSA) is 88.6 Å². The summed E-state index contributed by atoms with van der Waals surface area (Å²) in [5, 5.41) is 4.69. The molecule has 3 aromatic rings. The highest BCUT2D eigenvalue weighted by molar-refractivity contribution is 7.91. The number of carbonyl (C=O) groups excluding carboxylic acids is 1. The number of sulfonamides is 1. The van der Waals surface area contributed by atoms with Crippen LogP contribution >= 0.6 is 11.3 Å². The molecule has 0 bridgehead atoms. The number of aromatic nitrogens is 1. The van der Waals surface area contributed by atoms with Crippen LogP contribution in [0.15, 0.2) is 70.5 Å². The molecule has 0 saturated carbocycles. The maximum atomic E-state index is 12.7. The number of anilines is 1. The first-order valence-electron chi connectivity index (χ1n) is 9.99. The summed E-state index contributed by atoms with van der Waals surface area (Å²) in [6.07, 6.45) is 4.44. The summed E-state index contributed by atoms with van der Waals surface area (Å²) >= 11 is 1.21. The van der Waals surface area contributed by atoms with E-state index >= 15 is 0 Å². The molecule has 2 aromatic heterocycles. The van der Waals surface area contributed by atoms with Crippen molar-refractivity contribution in [1.29, 1.82) is 0 Å². The van der Waals surface area contributed by atoms with Crippen LogP contribution < -0.4 is 10.1 Å². The first-order valence-corrected chi connectivity index (χ1v) is 12.3. The third kappa shape index (κ3) is 5.30. The normalized spacial score (nSPS) is 15.5. The van der Waals surface area contributed by atoms with E-state index < -0.39 is 10.0 Å². The van der Waals surface area contributed by atoms with E-state index in [1.807, 2.05) is 30.3 Å². The Morgan fingerprint density at radius 2 is 2.00 bits per heavy atom. The van der Waals surface area contributed by atoms with Gasteiger partial charge in [0, 0.05) is 48.7 Å². The Hall–Kier alpha value is -2.75. The standard InChI is InChI=1S/C22H23N3O4S2/c26-22(18-8-11-25(12-9-18)31(27,28)21-7-3-13-30-21)24-19-5-1-6-20(14-19)29-16-17-4-2-10-23-15-17/h1-7,10,13-15,18H,8-9,11-12,16H2,(H,24,26). The van der Waals surface area contributed by atoms with Gasteiger partial charge in [-0.25, -0.2) is 8.42 Å². The van der Waals surface area contributed by atoms with Gasteiger partial charge in [-0.3, -0.25) is 9.78 Å². The van der Waals surface area contributed by atoms with Gasteiger partial charge in [-0.05, 0) is 42.5 Å². The third-order valence-corrected chi connectivity index (χ3v) is 8.42. The van der Waals surface area contributed by atoms with Gasteiger partial charge in [-0.1, -0.05) is 18.2 Å². The minimum absolute atomic E-state index is 0.0995. The smallest absolute Gasteiger partial charge is 0.252 e. The molecule has 0 aliphatic carbocycles. The van der Waals surface area contributed by atoms with Crippen LogP contribution in [0.25, 0.3) is 0 Å². The number of rotatable bonds is 7. The van der Waals surface area contributed by atoms with Gasteiger partial charge in [0.25, 0.3) is 10.0 Å². The number of hydrogen-bond acceptors (Lipinski definition) is 6. The molecule has 1 aliphatic heterocycles. The number of ether oxygens (including phenoxy) is 1. The Labute approximate surface area is 185 Å². The monoisotopic (exact) mass is 457 g/mol. The van der Waals surface area contributed by atoms with Crippen molar-refractivity contribution in [2.24, 2.45) is 5.92 Å². The number of benzene rings is 1. The maximum Gasteiger partial charge on any atom is 0.252 e. The molecule has 1 aromatic carbocycles. The number of piperidine rings is 1. The van der Waals surface area contributed by atoms with Crippen molar-refractivity contribution >= 4 is 33.0 Å². The number of nitrogens with one attached hydrogen (secondary N) is 1. The molecule has 162 valence electrons. The lowest BCUT2D eigenvalue weighted by Gasteiger charge is -2.30. The molecular weight excluding hydrogens is 434 g/mol. The van der Waals surface area contributed by atoms with Gasteiger partial charge in [0.05, 0.1) is 0 Å². The van der Waals surface area contributed by atoms with Gasteiger partial charge in [-0.2, -0.15) is 4.31 Å². The van der Waals surface area contributed by atoms with Crippen LogP contribution in [0.2, 0.25) is 0 Å². The third-order valence-electron chi connectivity index (χ3n) is 5.14. The van der Waals surface area contributed by atoms with Gasteiger partial charge >= 0.3 is 0 Å². The Balaban J connectivity index is 1.31. The molecule has 1 amide bonds. The van der Waals surface area contributed by atoms with E-state index in [1.54, 1.807) is 36.0 Å². The highest BCUT2D eigenvalue weighted by atomic mass is 32.2. The van der Waals surface area contributed by atoms with Crippen LogP contribution in [0.3, 0.4) is 0 Å². The molecule has 1 aliphatic rings. The quantitative estimate of drug-likeness (QED) is 0.584. The van der Waals surface area contributed by atoms with E-state index in [1.165, 1.54) is 15.6 Å². The van der Waals surface area contributed by atoms with Crippen molar-refractivity contribution in [2.75, 3.05) is 18.4 Å². The molecule has 4 rings (SSSR count). The van der Waals surface area contributed by atoms with Gasteiger partial charge in [0.1, 0.15) is 16.6 Å². The van der Waals surface area contributed by atoms with E-state index in [0.717, 1.165) is 5.56 Å². The van der Waals surface area contributed by atoms with Crippen LogP contribution in [-0.4, -0.2) is 36.7 Å². The summed E-state index contributed by atoms with van der Waals surface area (Å²) in [4.78, 5) is 16.8. The zero-order valence-corrected chi connectivity index (χ0v) is 18.4. The predicted molar refractivity (Wildman–Crippen MR) is 119 cm³/mol. The van der Waals surface area contributed by atoms with Crippen molar-refractivity contribution in [3.63, 3.8) is 0 Å². The maximum absolute atomic E-state index is 12.7. The van der Waals surface area contributed by atoms with E-state index in [2.05, 4.69) is 10.3 Å². The molecule has 9 heteroatoms. The molecule has 0 atom stereocenters. The number of nitrogens with zero attached hydrogens (tertiary/aromatic N) is 2. The second-order valence-electron chi connectivity index (χ2n) is 7.28. The van der Waals surface area contributed by atoms with Crippen molar-refractivity contribution < 1.29 is 17.9 Å². The van der Waals surface area contributed by atoms with Crippen LogP contribution in [0.4, 0.5) is 5.69 Å². The minimum Gasteiger partial charge on any atom is -0.489 e.